The minimum absolute atomic E-state index is 0.0542. The Bertz CT molecular complexity index is 950. The molecule has 0 radical (unpaired) electrons. The number of hydrogen-bond acceptors (Lipinski definition) is 6. The van der Waals surface area contributed by atoms with Gasteiger partial charge in [0.2, 0.25) is 11.9 Å². The van der Waals surface area contributed by atoms with Crippen LogP contribution in [0.5, 0.6) is 17.2 Å². The Balaban J connectivity index is 1.77. The predicted octanol–water partition coefficient (Wildman–Crippen LogP) is 3.86. The summed E-state index contributed by atoms with van der Waals surface area (Å²) in [6.07, 6.45) is -5.63. The average Bonchev–Trinajstić information content (AvgIpc) is 3.22. The molecule has 0 saturated heterocycles. The van der Waals surface area contributed by atoms with Gasteiger partial charge in [-0.1, -0.05) is 17.3 Å². The Morgan fingerprint density at radius 2 is 1.73 bits per heavy atom. The van der Waals surface area contributed by atoms with Gasteiger partial charge in [-0.25, -0.2) is 0 Å². The molecule has 0 saturated carbocycles. The molecule has 0 spiro atoms. The number of ether oxygens (including phenoxy) is 3. The summed E-state index contributed by atoms with van der Waals surface area (Å²) < 4.78 is 55.2. The number of nitrogens with one attached hydrogen (secondary N) is 1. The Morgan fingerprint density at radius 3 is 2.30 bits per heavy atom. The standard InChI is InChI=1S/C20H19F3N2O5/c1-27-15-8-11(9-16(28-2)18(15)29-3)14-10-17(30-25-14)19(26)24-13-7-5-4-6-12(13)20(21,22)23/h4-9,17H,10H2,1-3H3,(H,24,26)/t17-/m1/s1. The Labute approximate surface area is 170 Å². The Hall–Kier alpha value is -3.43. The van der Waals surface area contributed by atoms with Crippen molar-refractivity contribution in [3.63, 3.8) is 0 Å². The Morgan fingerprint density at radius 1 is 1.10 bits per heavy atom. The molecule has 0 aliphatic carbocycles. The lowest BCUT2D eigenvalue weighted by Gasteiger charge is -2.15. The van der Waals surface area contributed by atoms with Crippen molar-refractivity contribution in [1.82, 2.24) is 0 Å². The first kappa shape index (κ1) is 21.3. The van der Waals surface area contributed by atoms with Crippen molar-refractivity contribution in [2.24, 2.45) is 5.16 Å². The van der Waals surface area contributed by atoms with Gasteiger partial charge in [-0.15, -0.1) is 0 Å². The highest BCUT2D eigenvalue weighted by atomic mass is 19.4. The predicted molar refractivity (Wildman–Crippen MR) is 102 cm³/mol. The second kappa shape index (κ2) is 8.52. The van der Waals surface area contributed by atoms with Crippen LogP contribution >= 0.6 is 0 Å². The molecule has 10 heteroatoms. The van der Waals surface area contributed by atoms with Crippen LogP contribution in [0.25, 0.3) is 0 Å². The van der Waals surface area contributed by atoms with Crippen molar-refractivity contribution in [3.8, 4) is 17.2 Å². The third-order valence-corrected chi connectivity index (χ3v) is 4.45. The van der Waals surface area contributed by atoms with E-state index in [0.29, 0.717) is 28.5 Å². The normalized spacial score (nSPS) is 15.8. The molecule has 0 aromatic heterocycles. The molecule has 1 aliphatic rings. The highest BCUT2D eigenvalue weighted by Crippen LogP contribution is 2.39. The summed E-state index contributed by atoms with van der Waals surface area (Å²) in [6.45, 7) is 0. The minimum Gasteiger partial charge on any atom is -0.493 e. The number of anilines is 1. The summed E-state index contributed by atoms with van der Waals surface area (Å²) in [4.78, 5) is 17.6. The van der Waals surface area contributed by atoms with Crippen LogP contribution in [-0.2, 0) is 15.8 Å². The third kappa shape index (κ3) is 4.27. The summed E-state index contributed by atoms with van der Waals surface area (Å²) in [6, 6.07) is 8.00. The largest absolute Gasteiger partial charge is 0.493 e. The van der Waals surface area contributed by atoms with Crippen LogP contribution in [0.4, 0.5) is 18.9 Å². The Kier molecular flexibility index (Phi) is 6.04. The molecule has 2 aromatic rings. The van der Waals surface area contributed by atoms with Gasteiger partial charge in [-0.2, -0.15) is 13.2 Å². The van der Waals surface area contributed by atoms with Gasteiger partial charge in [-0.3, -0.25) is 4.79 Å². The molecule has 3 rings (SSSR count). The number of amides is 1. The number of oxime groups is 1. The van der Waals surface area contributed by atoms with E-state index in [2.05, 4.69) is 10.5 Å². The molecule has 2 aromatic carbocycles. The summed E-state index contributed by atoms with van der Waals surface area (Å²) in [5.74, 6) is 0.433. The molecule has 1 heterocycles. The van der Waals surface area contributed by atoms with E-state index in [4.69, 9.17) is 19.0 Å². The van der Waals surface area contributed by atoms with Crippen LogP contribution in [0.1, 0.15) is 17.5 Å². The molecule has 1 amide bonds. The second-order valence-electron chi connectivity index (χ2n) is 6.28. The molecular weight excluding hydrogens is 405 g/mol. The third-order valence-electron chi connectivity index (χ3n) is 4.45. The maximum Gasteiger partial charge on any atom is 0.418 e. The van der Waals surface area contributed by atoms with E-state index >= 15 is 0 Å². The number of alkyl halides is 3. The van der Waals surface area contributed by atoms with Crippen molar-refractivity contribution in [2.45, 2.75) is 18.7 Å². The van der Waals surface area contributed by atoms with Crippen molar-refractivity contribution in [3.05, 3.63) is 47.5 Å². The van der Waals surface area contributed by atoms with E-state index in [1.54, 1.807) is 12.1 Å². The zero-order chi connectivity index (χ0) is 21.9. The average molecular weight is 424 g/mol. The van der Waals surface area contributed by atoms with E-state index in [0.717, 1.165) is 6.07 Å². The quantitative estimate of drug-likeness (QED) is 0.762. The molecule has 7 nitrogen and oxygen atoms in total. The molecule has 1 aliphatic heterocycles. The molecular formula is C20H19F3N2O5. The van der Waals surface area contributed by atoms with Crippen molar-refractivity contribution < 1.29 is 37.0 Å². The molecule has 0 bridgehead atoms. The first-order valence-electron chi connectivity index (χ1n) is 8.78. The van der Waals surface area contributed by atoms with E-state index in [1.807, 2.05) is 0 Å². The fourth-order valence-corrected chi connectivity index (χ4v) is 2.99. The van der Waals surface area contributed by atoms with Crippen molar-refractivity contribution in [2.75, 3.05) is 26.6 Å². The van der Waals surface area contributed by atoms with Crippen LogP contribution < -0.4 is 19.5 Å². The van der Waals surface area contributed by atoms with Crippen molar-refractivity contribution in [1.29, 1.82) is 0 Å². The zero-order valence-corrected chi connectivity index (χ0v) is 16.4. The lowest BCUT2D eigenvalue weighted by atomic mass is 10.0. The van der Waals surface area contributed by atoms with E-state index < -0.39 is 23.8 Å². The van der Waals surface area contributed by atoms with Gasteiger partial charge >= 0.3 is 6.18 Å². The second-order valence-corrected chi connectivity index (χ2v) is 6.28. The lowest BCUT2D eigenvalue weighted by Crippen LogP contribution is -2.29. The van der Waals surface area contributed by atoms with Gasteiger partial charge in [0.1, 0.15) is 0 Å². The highest BCUT2D eigenvalue weighted by molar-refractivity contribution is 6.06. The maximum atomic E-state index is 13.1. The molecule has 1 N–H and O–H groups in total. The fourth-order valence-electron chi connectivity index (χ4n) is 2.99. The molecule has 160 valence electrons. The van der Waals surface area contributed by atoms with Crippen LogP contribution in [0, 0.1) is 0 Å². The van der Waals surface area contributed by atoms with Gasteiger partial charge in [0.25, 0.3) is 5.91 Å². The number of para-hydroxylation sites is 1. The van der Waals surface area contributed by atoms with E-state index in [9.17, 15) is 18.0 Å². The summed E-state index contributed by atoms with van der Waals surface area (Å²) in [5, 5.41) is 6.18. The van der Waals surface area contributed by atoms with E-state index in [1.165, 1.54) is 39.5 Å². The molecule has 0 fully saturated rings. The summed E-state index contributed by atoms with van der Waals surface area (Å²) in [7, 11) is 4.39. The van der Waals surface area contributed by atoms with Crippen LogP contribution in [-0.4, -0.2) is 39.1 Å². The maximum absolute atomic E-state index is 13.1. The monoisotopic (exact) mass is 424 g/mol. The number of rotatable bonds is 6. The van der Waals surface area contributed by atoms with Gasteiger partial charge in [-0.05, 0) is 24.3 Å². The number of hydrogen-bond donors (Lipinski definition) is 1. The van der Waals surface area contributed by atoms with Crippen LogP contribution in [0.2, 0.25) is 0 Å². The first-order valence-corrected chi connectivity index (χ1v) is 8.78. The number of halogens is 3. The number of benzene rings is 2. The van der Waals surface area contributed by atoms with Crippen molar-refractivity contribution >= 4 is 17.3 Å². The fraction of sp³-hybridized carbons (Fsp3) is 0.300. The number of carbonyl (C=O) groups excluding carboxylic acids is 1. The first-order chi connectivity index (χ1) is 14.3. The van der Waals surface area contributed by atoms with Gasteiger partial charge in [0.15, 0.2) is 11.5 Å². The minimum atomic E-state index is -4.60. The van der Waals surface area contributed by atoms with Crippen LogP contribution in [0.15, 0.2) is 41.6 Å². The SMILES string of the molecule is COc1cc(C2=NO[C@@H](C(=O)Nc3ccccc3C(F)(F)F)C2)cc(OC)c1OC. The van der Waals surface area contributed by atoms with Gasteiger partial charge < -0.3 is 24.4 Å². The number of methoxy groups -OCH3 is 3. The number of nitrogens with zero attached hydrogens (tertiary/aromatic N) is 1. The van der Waals surface area contributed by atoms with Crippen LogP contribution in [0.3, 0.4) is 0 Å². The smallest absolute Gasteiger partial charge is 0.418 e. The lowest BCUT2D eigenvalue weighted by molar-refractivity contribution is -0.137. The van der Waals surface area contributed by atoms with Gasteiger partial charge in [0.05, 0.1) is 38.3 Å². The van der Waals surface area contributed by atoms with Gasteiger partial charge in [0, 0.05) is 12.0 Å². The molecule has 30 heavy (non-hydrogen) atoms. The highest BCUT2D eigenvalue weighted by Gasteiger charge is 2.35. The molecule has 0 unspecified atom stereocenters. The summed E-state index contributed by atoms with van der Waals surface area (Å²) >= 11 is 0. The zero-order valence-electron chi connectivity index (χ0n) is 16.4. The topological polar surface area (TPSA) is 78.4 Å². The number of carbonyl (C=O) groups is 1. The molecule has 1 atom stereocenters. The summed E-state index contributed by atoms with van der Waals surface area (Å²) in [5.41, 5.74) is -0.309. The van der Waals surface area contributed by atoms with E-state index in [-0.39, 0.29) is 12.1 Å².